The van der Waals surface area contributed by atoms with E-state index in [1.54, 1.807) is 24.3 Å². The van der Waals surface area contributed by atoms with E-state index in [-0.39, 0.29) is 16.9 Å². The maximum Gasteiger partial charge on any atom is 0.115 e. The highest BCUT2D eigenvalue weighted by Gasteiger charge is 2.35. The highest BCUT2D eigenvalue weighted by molar-refractivity contribution is 6.18. The molecule has 30 heavy (non-hydrogen) atoms. The summed E-state index contributed by atoms with van der Waals surface area (Å²) in [4.78, 5) is 2.33. The molecular weight excluding hydrogens is 417 g/mol. The molecule has 0 bridgehead atoms. The van der Waals surface area contributed by atoms with Gasteiger partial charge in [-0.3, -0.25) is 0 Å². The topological polar surface area (TPSA) is 43.7 Å². The fraction of sp³-hybridized carbons (Fsp3) is 0.520. The zero-order chi connectivity index (χ0) is 22.0. The molecule has 2 N–H and O–H groups in total. The summed E-state index contributed by atoms with van der Waals surface area (Å²) < 4.78 is 0. The van der Waals surface area contributed by atoms with Gasteiger partial charge in [0.05, 0.1) is 0 Å². The lowest BCUT2D eigenvalue weighted by Gasteiger charge is -2.38. The average Bonchev–Trinajstić information content (AvgIpc) is 2.75. The van der Waals surface area contributed by atoms with Gasteiger partial charge in [0, 0.05) is 24.8 Å². The number of halogens is 2. The summed E-state index contributed by atoms with van der Waals surface area (Å²) in [7, 11) is 0. The lowest BCUT2D eigenvalue weighted by Crippen LogP contribution is -2.31. The molecule has 3 nitrogen and oxygen atoms in total. The van der Waals surface area contributed by atoms with Gasteiger partial charge in [0.2, 0.25) is 0 Å². The Kier molecular flexibility index (Phi) is 10.3. The van der Waals surface area contributed by atoms with E-state index >= 15 is 0 Å². The van der Waals surface area contributed by atoms with Crippen LogP contribution in [0.5, 0.6) is 11.5 Å². The van der Waals surface area contributed by atoms with Crippen LogP contribution >= 0.6 is 23.2 Å². The van der Waals surface area contributed by atoms with Gasteiger partial charge in [-0.05, 0) is 72.5 Å². The number of hydrogen-bond acceptors (Lipinski definition) is 3. The molecule has 2 aromatic rings. The maximum absolute atomic E-state index is 9.77. The van der Waals surface area contributed by atoms with Crippen molar-refractivity contribution in [2.75, 3.05) is 31.4 Å². The van der Waals surface area contributed by atoms with Crippen molar-refractivity contribution in [3.8, 4) is 11.5 Å². The van der Waals surface area contributed by atoms with E-state index in [4.69, 9.17) is 23.2 Å². The van der Waals surface area contributed by atoms with E-state index in [9.17, 15) is 10.2 Å². The van der Waals surface area contributed by atoms with E-state index in [1.807, 2.05) is 24.3 Å². The summed E-state index contributed by atoms with van der Waals surface area (Å²) in [5.41, 5.74) is 2.40. The minimum atomic E-state index is -0.0728. The van der Waals surface area contributed by atoms with Crippen molar-refractivity contribution in [1.29, 1.82) is 0 Å². The SMILES string of the molecule is CC[C@](C)(c1ccc(O)cc1)[C@H](CCCCN(CCCl)CCCl)c1ccc(O)cc1. The average molecular weight is 452 g/mol. The van der Waals surface area contributed by atoms with Crippen LogP contribution in [0.2, 0.25) is 0 Å². The van der Waals surface area contributed by atoms with Crippen LogP contribution in [0, 0.1) is 0 Å². The second-order valence-electron chi connectivity index (χ2n) is 8.18. The molecule has 0 fully saturated rings. The third-order valence-electron chi connectivity index (χ3n) is 6.34. The number of aromatic hydroxyl groups is 2. The molecule has 5 heteroatoms. The molecule has 0 saturated heterocycles. The Morgan fingerprint density at radius 2 is 1.37 bits per heavy atom. The molecule has 2 rings (SSSR count). The van der Waals surface area contributed by atoms with Gasteiger partial charge in [-0.25, -0.2) is 0 Å². The van der Waals surface area contributed by atoms with Crippen LogP contribution in [0.1, 0.15) is 56.6 Å². The Morgan fingerprint density at radius 1 is 0.833 bits per heavy atom. The second-order valence-corrected chi connectivity index (χ2v) is 8.93. The van der Waals surface area contributed by atoms with Crippen LogP contribution in [0.15, 0.2) is 48.5 Å². The molecule has 0 aliphatic carbocycles. The van der Waals surface area contributed by atoms with Crippen LogP contribution in [-0.2, 0) is 5.41 Å². The van der Waals surface area contributed by atoms with Gasteiger partial charge in [0.1, 0.15) is 11.5 Å². The number of unbranched alkanes of at least 4 members (excludes halogenated alkanes) is 1. The standard InChI is InChI=1S/C25H35Cl2NO2/c1-3-25(2,21-9-13-23(30)14-10-21)24(20-7-11-22(29)12-8-20)6-4-5-17-28(18-15-26)19-16-27/h7-14,24,29-30H,3-6,15-19H2,1-2H3/t24-,25-/m1/s1. The van der Waals surface area contributed by atoms with Crippen LogP contribution < -0.4 is 0 Å². The largest absolute Gasteiger partial charge is 0.508 e. The molecule has 0 spiro atoms. The van der Waals surface area contributed by atoms with Crippen LogP contribution in [0.4, 0.5) is 0 Å². The van der Waals surface area contributed by atoms with Gasteiger partial charge < -0.3 is 15.1 Å². The zero-order valence-corrected chi connectivity index (χ0v) is 19.7. The normalized spacial score (nSPS) is 14.6. The Bertz CT molecular complexity index is 730. The van der Waals surface area contributed by atoms with Gasteiger partial charge in [-0.15, -0.1) is 23.2 Å². The molecule has 2 atom stereocenters. The van der Waals surface area contributed by atoms with Crippen molar-refractivity contribution < 1.29 is 10.2 Å². The lowest BCUT2D eigenvalue weighted by molar-refractivity contribution is 0.286. The van der Waals surface area contributed by atoms with Crippen molar-refractivity contribution >= 4 is 23.2 Å². The summed E-state index contributed by atoms with van der Waals surface area (Å²) in [6.07, 6.45) is 4.22. The molecule has 2 aromatic carbocycles. The van der Waals surface area contributed by atoms with Gasteiger partial charge >= 0.3 is 0 Å². The molecule has 0 unspecified atom stereocenters. The minimum absolute atomic E-state index is 0.0728. The number of phenolic OH excluding ortho intramolecular Hbond substituents is 2. The Hall–Kier alpha value is -1.42. The van der Waals surface area contributed by atoms with E-state index in [1.165, 1.54) is 11.1 Å². The lowest BCUT2D eigenvalue weighted by atomic mass is 9.65. The van der Waals surface area contributed by atoms with E-state index in [0.29, 0.717) is 17.7 Å². The first kappa shape index (κ1) is 24.8. The summed E-state index contributed by atoms with van der Waals surface area (Å²) in [6, 6.07) is 15.3. The Labute approximate surface area is 191 Å². The fourth-order valence-corrected chi connectivity index (χ4v) is 4.79. The van der Waals surface area contributed by atoms with Gasteiger partial charge in [-0.2, -0.15) is 0 Å². The smallest absolute Gasteiger partial charge is 0.115 e. The van der Waals surface area contributed by atoms with Crippen LogP contribution in [0.25, 0.3) is 0 Å². The summed E-state index contributed by atoms with van der Waals surface area (Å²) in [6.45, 7) is 7.28. The van der Waals surface area contributed by atoms with Gasteiger partial charge in [0.15, 0.2) is 0 Å². The first-order valence-electron chi connectivity index (χ1n) is 10.9. The second kappa shape index (κ2) is 12.4. The number of alkyl halides is 2. The first-order chi connectivity index (χ1) is 14.4. The van der Waals surface area contributed by atoms with Crippen molar-refractivity contribution in [1.82, 2.24) is 4.90 Å². The van der Waals surface area contributed by atoms with E-state index < -0.39 is 0 Å². The summed E-state index contributed by atoms with van der Waals surface area (Å²) in [5.74, 6) is 2.14. The highest BCUT2D eigenvalue weighted by Crippen LogP contribution is 2.45. The monoisotopic (exact) mass is 451 g/mol. The molecule has 0 radical (unpaired) electrons. The summed E-state index contributed by atoms with van der Waals surface area (Å²) >= 11 is 11.8. The molecule has 166 valence electrons. The molecule has 0 aliphatic heterocycles. The first-order valence-corrected chi connectivity index (χ1v) is 11.9. The van der Waals surface area contributed by atoms with Crippen molar-refractivity contribution in [2.24, 2.45) is 0 Å². The zero-order valence-electron chi connectivity index (χ0n) is 18.2. The Balaban J connectivity index is 2.20. The van der Waals surface area contributed by atoms with Gasteiger partial charge in [-0.1, -0.05) is 44.5 Å². The minimum Gasteiger partial charge on any atom is -0.508 e. The third-order valence-corrected chi connectivity index (χ3v) is 6.68. The number of benzene rings is 2. The molecular formula is C25H35Cl2NO2. The summed E-state index contributed by atoms with van der Waals surface area (Å²) in [5, 5.41) is 19.5. The molecule has 0 amide bonds. The molecule has 0 saturated carbocycles. The number of nitrogens with zero attached hydrogens (tertiary/aromatic N) is 1. The fourth-order valence-electron chi connectivity index (χ4n) is 4.31. The third kappa shape index (κ3) is 6.80. The van der Waals surface area contributed by atoms with E-state index in [2.05, 4.69) is 18.7 Å². The predicted octanol–water partition coefficient (Wildman–Crippen LogP) is 6.50. The van der Waals surface area contributed by atoms with Crippen molar-refractivity contribution in [2.45, 2.75) is 50.9 Å². The van der Waals surface area contributed by atoms with Gasteiger partial charge in [0.25, 0.3) is 0 Å². The van der Waals surface area contributed by atoms with E-state index in [0.717, 1.165) is 45.3 Å². The molecule has 0 aliphatic rings. The van der Waals surface area contributed by atoms with Crippen LogP contribution in [0.3, 0.4) is 0 Å². The number of rotatable bonds is 13. The van der Waals surface area contributed by atoms with Crippen molar-refractivity contribution in [3.05, 3.63) is 59.7 Å². The predicted molar refractivity (Wildman–Crippen MR) is 128 cm³/mol. The van der Waals surface area contributed by atoms with Crippen LogP contribution in [-0.4, -0.2) is 46.5 Å². The molecule has 0 heterocycles. The maximum atomic E-state index is 9.77. The quantitative estimate of drug-likeness (QED) is 0.269. The Morgan fingerprint density at radius 3 is 1.87 bits per heavy atom. The van der Waals surface area contributed by atoms with Crippen molar-refractivity contribution in [3.63, 3.8) is 0 Å². The number of hydrogen-bond donors (Lipinski definition) is 2. The molecule has 0 aromatic heterocycles. The highest BCUT2D eigenvalue weighted by atomic mass is 35.5. The number of phenols is 2.